The number of nitrogens with one attached hydrogen (secondary N) is 1. The third-order valence-corrected chi connectivity index (χ3v) is 4.28. The monoisotopic (exact) mass is 287 g/mol. The molecular weight excluding hydrogens is 266 g/mol. The molecule has 0 saturated heterocycles. The second-order valence-electron chi connectivity index (χ2n) is 5.99. The number of hydrogen-bond donors (Lipinski definition) is 1. The van der Waals surface area contributed by atoms with Crippen LogP contribution >= 0.6 is 11.5 Å². The van der Waals surface area contributed by atoms with Crippen molar-refractivity contribution in [3.05, 3.63) is 34.7 Å². The predicted molar refractivity (Wildman–Crippen MR) is 83.7 cm³/mol. The van der Waals surface area contributed by atoms with E-state index in [0.717, 1.165) is 24.7 Å². The first-order valence-electron chi connectivity index (χ1n) is 7.36. The molecule has 1 aliphatic rings. The van der Waals surface area contributed by atoms with Crippen LogP contribution < -0.4 is 5.32 Å². The van der Waals surface area contributed by atoms with E-state index >= 15 is 0 Å². The van der Waals surface area contributed by atoms with Crippen molar-refractivity contribution in [2.24, 2.45) is 5.92 Å². The minimum absolute atomic E-state index is 0.695. The molecule has 1 aromatic carbocycles. The zero-order chi connectivity index (χ0) is 13.9. The number of hydrogen-bond acceptors (Lipinski definition) is 4. The summed E-state index contributed by atoms with van der Waals surface area (Å²) in [4.78, 5) is 1.24. The van der Waals surface area contributed by atoms with Gasteiger partial charge in [0.1, 0.15) is 5.69 Å². The molecule has 1 aliphatic carbocycles. The van der Waals surface area contributed by atoms with Gasteiger partial charge in [-0.3, -0.25) is 0 Å². The molecule has 1 saturated carbocycles. The van der Waals surface area contributed by atoms with E-state index in [4.69, 9.17) is 0 Å². The second-order valence-corrected chi connectivity index (χ2v) is 6.83. The maximum Gasteiger partial charge on any atom is 0.110 e. The first-order chi connectivity index (χ1) is 9.72. The fourth-order valence-corrected chi connectivity index (χ4v) is 2.95. The van der Waals surface area contributed by atoms with E-state index in [2.05, 4.69) is 53.0 Å². The normalized spacial score (nSPS) is 14.9. The molecule has 20 heavy (non-hydrogen) atoms. The summed E-state index contributed by atoms with van der Waals surface area (Å²) in [7, 11) is 0. The van der Waals surface area contributed by atoms with Gasteiger partial charge in [-0.1, -0.05) is 42.6 Å². The lowest BCUT2D eigenvalue weighted by molar-refractivity contribution is 0.647. The minimum atomic E-state index is 0.695. The van der Waals surface area contributed by atoms with E-state index in [0.29, 0.717) is 5.92 Å². The van der Waals surface area contributed by atoms with Gasteiger partial charge in [0.15, 0.2) is 0 Å². The van der Waals surface area contributed by atoms with E-state index in [1.54, 1.807) is 0 Å². The highest BCUT2D eigenvalue weighted by Crippen LogP contribution is 2.26. The third-order valence-electron chi connectivity index (χ3n) is 3.56. The van der Waals surface area contributed by atoms with Gasteiger partial charge < -0.3 is 5.32 Å². The topological polar surface area (TPSA) is 37.8 Å². The summed E-state index contributed by atoms with van der Waals surface area (Å²) in [6, 6.07) is 9.50. The maximum atomic E-state index is 4.30. The number of aromatic nitrogens is 2. The Morgan fingerprint density at radius 3 is 2.65 bits per heavy atom. The number of rotatable bonds is 6. The van der Waals surface area contributed by atoms with Gasteiger partial charge in [-0.2, -0.15) is 0 Å². The van der Waals surface area contributed by atoms with Crippen molar-refractivity contribution < 1.29 is 0 Å². The highest BCUT2D eigenvalue weighted by Gasteiger charge is 2.21. The Balaban J connectivity index is 1.72. The van der Waals surface area contributed by atoms with Crippen LogP contribution in [0.2, 0.25) is 0 Å². The summed E-state index contributed by atoms with van der Waals surface area (Å²) in [6.45, 7) is 5.39. The van der Waals surface area contributed by atoms with Crippen LogP contribution in [0.4, 0.5) is 0 Å². The SMILES string of the molecule is CC(C)Cc1ccc(-c2nnsc2CNC2CC2)cc1. The number of benzene rings is 1. The van der Waals surface area contributed by atoms with Gasteiger partial charge in [0.25, 0.3) is 0 Å². The molecule has 2 aromatic rings. The first-order valence-corrected chi connectivity index (χ1v) is 8.13. The van der Waals surface area contributed by atoms with Crippen molar-refractivity contribution >= 4 is 11.5 Å². The van der Waals surface area contributed by atoms with Crippen molar-refractivity contribution in [1.82, 2.24) is 14.9 Å². The molecule has 1 aromatic heterocycles. The van der Waals surface area contributed by atoms with Gasteiger partial charge in [-0.25, -0.2) is 0 Å². The molecule has 0 radical (unpaired) electrons. The molecule has 0 aliphatic heterocycles. The van der Waals surface area contributed by atoms with E-state index in [1.807, 2.05) is 0 Å². The van der Waals surface area contributed by atoms with Gasteiger partial charge in [-0.15, -0.1) is 5.10 Å². The largest absolute Gasteiger partial charge is 0.309 e. The second kappa shape index (κ2) is 6.02. The van der Waals surface area contributed by atoms with Gasteiger partial charge in [-0.05, 0) is 42.3 Å². The van der Waals surface area contributed by atoms with E-state index in [-0.39, 0.29) is 0 Å². The zero-order valence-corrected chi connectivity index (χ0v) is 12.9. The average molecular weight is 287 g/mol. The van der Waals surface area contributed by atoms with Crippen LogP contribution in [0.3, 0.4) is 0 Å². The van der Waals surface area contributed by atoms with Crippen LogP contribution in [0.25, 0.3) is 11.3 Å². The molecule has 4 heteroatoms. The molecule has 0 bridgehead atoms. The van der Waals surface area contributed by atoms with Crippen molar-refractivity contribution in [3.8, 4) is 11.3 Å². The summed E-state index contributed by atoms with van der Waals surface area (Å²) in [6.07, 6.45) is 3.75. The van der Waals surface area contributed by atoms with Crippen molar-refractivity contribution in [2.45, 2.75) is 45.7 Å². The lowest BCUT2D eigenvalue weighted by Crippen LogP contribution is -2.14. The molecule has 1 N–H and O–H groups in total. The van der Waals surface area contributed by atoms with Crippen LogP contribution in [0.15, 0.2) is 24.3 Å². The minimum Gasteiger partial charge on any atom is -0.309 e. The van der Waals surface area contributed by atoms with E-state index in [9.17, 15) is 0 Å². The first kappa shape index (κ1) is 13.7. The fourth-order valence-electron chi connectivity index (χ4n) is 2.34. The molecule has 0 atom stereocenters. The van der Waals surface area contributed by atoms with Crippen LogP contribution in [0.5, 0.6) is 0 Å². The maximum absolute atomic E-state index is 4.30. The highest BCUT2D eigenvalue weighted by atomic mass is 32.1. The molecule has 3 rings (SSSR count). The van der Waals surface area contributed by atoms with E-state index < -0.39 is 0 Å². The Morgan fingerprint density at radius 2 is 2.00 bits per heavy atom. The van der Waals surface area contributed by atoms with Crippen molar-refractivity contribution in [1.29, 1.82) is 0 Å². The van der Waals surface area contributed by atoms with Gasteiger partial charge in [0, 0.05) is 18.2 Å². The van der Waals surface area contributed by atoms with Crippen LogP contribution in [0, 0.1) is 5.92 Å². The highest BCUT2D eigenvalue weighted by molar-refractivity contribution is 7.05. The average Bonchev–Trinajstić information content (AvgIpc) is 3.14. The van der Waals surface area contributed by atoms with Gasteiger partial charge >= 0.3 is 0 Å². The van der Waals surface area contributed by atoms with Gasteiger partial charge in [0.2, 0.25) is 0 Å². The molecule has 3 nitrogen and oxygen atoms in total. The summed E-state index contributed by atoms with van der Waals surface area (Å²) in [5.41, 5.74) is 3.61. The molecular formula is C16H21N3S. The standard InChI is InChI=1S/C16H21N3S/c1-11(2)9-12-3-5-13(6-4-12)16-15(20-19-18-16)10-17-14-7-8-14/h3-6,11,14,17H,7-10H2,1-2H3. The molecule has 0 amide bonds. The summed E-state index contributed by atoms with van der Waals surface area (Å²) in [5.74, 6) is 0.695. The Bertz CT molecular complexity index is 555. The Hall–Kier alpha value is -1.26. The van der Waals surface area contributed by atoms with Crippen LogP contribution in [0.1, 0.15) is 37.1 Å². The third kappa shape index (κ3) is 3.44. The lowest BCUT2D eigenvalue weighted by atomic mass is 10.0. The van der Waals surface area contributed by atoms with Crippen molar-refractivity contribution in [3.63, 3.8) is 0 Å². The number of nitrogens with zero attached hydrogens (tertiary/aromatic N) is 2. The summed E-state index contributed by atoms with van der Waals surface area (Å²) >= 11 is 1.51. The quantitative estimate of drug-likeness (QED) is 0.881. The molecule has 0 unspecified atom stereocenters. The fraction of sp³-hybridized carbons (Fsp3) is 0.500. The molecule has 1 fully saturated rings. The zero-order valence-electron chi connectivity index (χ0n) is 12.1. The Labute approximate surface area is 124 Å². The van der Waals surface area contributed by atoms with E-state index in [1.165, 1.54) is 40.4 Å². The van der Waals surface area contributed by atoms with Gasteiger partial charge in [0.05, 0.1) is 4.88 Å². The molecule has 0 spiro atoms. The van der Waals surface area contributed by atoms with Crippen molar-refractivity contribution in [2.75, 3.05) is 0 Å². The summed E-state index contributed by atoms with van der Waals surface area (Å²) in [5, 5.41) is 7.84. The molecule has 106 valence electrons. The predicted octanol–water partition coefficient (Wildman–Crippen LogP) is 3.66. The lowest BCUT2D eigenvalue weighted by Gasteiger charge is -2.06. The Kier molecular flexibility index (Phi) is 4.13. The summed E-state index contributed by atoms with van der Waals surface area (Å²) < 4.78 is 4.12. The van der Waals surface area contributed by atoms with Crippen LogP contribution in [-0.2, 0) is 13.0 Å². The smallest absolute Gasteiger partial charge is 0.110 e. The molecule has 1 heterocycles. The van der Waals surface area contributed by atoms with Crippen LogP contribution in [-0.4, -0.2) is 15.6 Å². The Morgan fingerprint density at radius 1 is 1.25 bits per heavy atom.